The number of carbonyl (C=O) groups is 2. The summed E-state index contributed by atoms with van der Waals surface area (Å²) >= 11 is 0. The molecule has 0 atom stereocenters. The molecule has 0 radical (unpaired) electrons. The van der Waals surface area contributed by atoms with Crippen molar-refractivity contribution in [2.75, 3.05) is 0 Å². The second-order valence-corrected chi connectivity index (χ2v) is 4.39. The van der Waals surface area contributed by atoms with Crippen LogP contribution in [0.2, 0.25) is 0 Å². The lowest BCUT2D eigenvalue weighted by atomic mass is 10.1. The van der Waals surface area contributed by atoms with Crippen molar-refractivity contribution in [1.29, 1.82) is 0 Å². The fraction of sp³-hybridized carbons (Fsp3) is 0. The van der Waals surface area contributed by atoms with E-state index in [0.29, 0.717) is 0 Å². The molecule has 0 spiro atoms. The smallest absolute Gasteiger partial charge is 0.288 e. The number of benzene rings is 1. The molecule has 0 saturated heterocycles. The summed E-state index contributed by atoms with van der Waals surface area (Å²) in [5, 5.41) is 2.01. The molecule has 0 aromatic heterocycles. The zero-order valence-electron chi connectivity index (χ0n) is 7.22. The molecule has 2 N–H and O–H groups in total. The molecule has 1 aromatic carbocycles. The van der Waals surface area contributed by atoms with Gasteiger partial charge in [0.25, 0.3) is 21.9 Å². The second-order valence-electron chi connectivity index (χ2n) is 2.97. The number of imide groups is 1. The van der Waals surface area contributed by atoms with Crippen molar-refractivity contribution in [3.8, 4) is 0 Å². The van der Waals surface area contributed by atoms with Crippen LogP contribution in [0.4, 0.5) is 0 Å². The van der Waals surface area contributed by atoms with Gasteiger partial charge >= 0.3 is 0 Å². The Morgan fingerprint density at radius 3 is 2.27 bits per heavy atom. The summed E-state index contributed by atoms with van der Waals surface area (Å²) in [6, 6.07) is 3.20. The average Bonchev–Trinajstić information content (AvgIpc) is 2.41. The van der Waals surface area contributed by atoms with E-state index in [4.69, 9.17) is 4.55 Å². The van der Waals surface area contributed by atoms with Gasteiger partial charge in [0, 0.05) is 0 Å². The largest absolute Gasteiger partial charge is 0.294 e. The van der Waals surface area contributed by atoms with Gasteiger partial charge in [0.1, 0.15) is 0 Å². The van der Waals surface area contributed by atoms with Gasteiger partial charge in [-0.05, 0) is 18.2 Å². The molecule has 1 aromatic rings. The van der Waals surface area contributed by atoms with Crippen LogP contribution in [0.3, 0.4) is 0 Å². The molecule has 0 saturated carbocycles. The standard InChI is InChI=1S/C8H5NO5S/c10-7-5-2-1-4(15(12,13)14)3-6(5)8(11)9-7/h1-3H,(H,9,10,11)(H,12,13,14). The minimum atomic E-state index is -4.36. The molecule has 2 rings (SSSR count). The molecule has 6 nitrogen and oxygen atoms in total. The molecule has 7 heteroatoms. The highest BCUT2D eigenvalue weighted by molar-refractivity contribution is 7.85. The second kappa shape index (κ2) is 2.88. The Kier molecular flexibility index (Phi) is 1.88. The van der Waals surface area contributed by atoms with E-state index < -0.39 is 26.8 Å². The monoisotopic (exact) mass is 227 g/mol. The Balaban J connectivity index is 2.67. The van der Waals surface area contributed by atoms with Crippen molar-refractivity contribution in [3.05, 3.63) is 29.3 Å². The lowest BCUT2D eigenvalue weighted by Gasteiger charge is -1.98. The molecule has 78 valence electrons. The molecule has 0 aliphatic carbocycles. The van der Waals surface area contributed by atoms with E-state index in [2.05, 4.69) is 0 Å². The summed E-state index contributed by atoms with van der Waals surface area (Å²) in [5.41, 5.74) is 0.0579. The van der Waals surface area contributed by atoms with Gasteiger partial charge in [0.05, 0.1) is 16.0 Å². The van der Waals surface area contributed by atoms with E-state index in [1.165, 1.54) is 6.07 Å². The molecule has 0 unspecified atom stereocenters. The van der Waals surface area contributed by atoms with E-state index in [1.807, 2.05) is 5.32 Å². The van der Waals surface area contributed by atoms with E-state index >= 15 is 0 Å². The molecule has 1 aliphatic heterocycles. The van der Waals surface area contributed by atoms with E-state index in [9.17, 15) is 18.0 Å². The van der Waals surface area contributed by atoms with Gasteiger partial charge in [-0.25, -0.2) is 0 Å². The maximum absolute atomic E-state index is 11.1. The van der Waals surface area contributed by atoms with Gasteiger partial charge in [0.15, 0.2) is 0 Å². The summed E-state index contributed by atoms with van der Waals surface area (Å²) in [6.45, 7) is 0. The summed E-state index contributed by atoms with van der Waals surface area (Å²) in [5.74, 6) is -1.24. The van der Waals surface area contributed by atoms with Crippen molar-refractivity contribution in [2.45, 2.75) is 4.90 Å². The molecule has 2 amide bonds. The van der Waals surface area contributed by atoms with Gasteiger partial charge in [-0.1, -0.05) is 0 Å². The fourth-order valence-corrected chi connectivity index (χ4v) is 1.81. The molecule has 15 heavy (non-hydrogen) atoms. The molecule has 0 fully saturated rings. The number of hydrogen-bond acceptors (Lipinski definition) is 4. The van der Waals surface area contributed by atoms with E-state index in [-0.39, 0.29) is 11.1 Å². The van der Waals surface area contributed by atoms with Crippen LogP contribution in [0.5, 0.6) is 0 Å². The first kappa shape index (κ1) is 9.81. The topological polar surface area (TPSA) is 101 Å². The summed E-state index contributed by atoms with van der Waals surface area (Å²) in [7, 11) is -4.36. The van der Waals surface area contributed by atoms with Crippen LogP contribution in [0.1, 0.15) is 20.7 Å². The lowest BCUT2D eigenvalue weighted by Crippen LogP contribution is -2.19. The first-order valence-corrected chi connectivity index (χ1v) is 5.31. The lowest BCUT2D eigenvalue weighted by molar-refractivity contribution is 0.0879. The van der Waals surface area contributed by atoms with Crippen LogP contribution in [-0.2, 0) is 10.1 Å². The van der Waals surface area contributed by atoms with Crippen LogP contribution < -0.4 is 5.32 Å². The fourth-order valence-electron chi connectivity index (χ4n) is 1.31. The van der Waals surface area contributed by atoms with Crippen LogP contribution in [0.15, 0.2) is 23.1 Å². The number of amides is 2. The highest BCUT2D eigenvalue weighted by Gasteiger charge is 2.28. The van der Waals surface area contributed by atoms with E-state index in [0.717, 1.165) is 12.1 Å². The average molecular weight is 227 g/mol. The third-order valence-corrected chi connectivity index (χ3v) is 2.85. The summed E-state index contributed by atoms with van der Waals surface area (Å²) in [6.07, 6.45) is 0. The van der Waals surface area contributed by atoms with Crippen molar-refractivity contribution >= 4 is 21.9 Å². The third-order valence-electron chi connectivity index (χ3n) is 2.01. The number of nitrogens with one attached hydrogen (secondary N) is 1. The minimum absolute atomic E-state index is 0.0462. The van der Waals surface area contributed by atoms with Crippen molar-refractivity contribution in [3.63, 3.8) is 0 Å². The first-order valence-electron chi connectivity index (χ1n) is 3.87. The first-order chi connectivity index (χ1) is 6.89. The van der Waals surface area contributed by atoms with Gasteiger partial charge < -0.3 is 0 Å². The van der Waals surface area contributed by atoms with E-state index in [1.54, 1.807) is 0 Å². The molecule has 1 heterocycles. The van der Waals surface area contributed by atoms with Crippen molar-refractivity contribution in [2.24, 2.45) is 0 Å². The summed E-state index contributed by atoms with van der Waals surface area (Å²) < 4.78 is 30.2. The van der Waals surface area contributed by atoms with Gasteiger partial charge in [-0.3, -0.25) is 19.5 Å². The van der Waals surface area contributed by atoms with Crippen LogP contribution in [0, 0.1) is 0 Å². The third kappa shape index (κ3) is 1.51. The minimum Gasteiger partial charge on any atom is -0.288 e. The Hall–Kier alpha value is -1.73. The van der Waals surface area contributed by atoms with Gasteiger partial charge in [-0.2, -0.15) is 8.42 Å². The number of rotatable bonds is 1. The van der Waals surface area contributed by atoms with Crippen LogP contribution in [0.25, 0.3) is 0 Å². The highest BCUT2D eigenvalue weighted by Crippen LogP contribution is 2.19. The van der Waals surface area contributed by atoms with Crippen molar-refractivity contribution in [1.82, 2.24) is 5.32 Å². The van der Waals surface area contributed by atoms with Crippen molar-refractivity contribution < 1.29 is 22.6 Å². The number of fused-ring (bicyclic) bond motifs is 1. The predicted molar refractivity (Wildman–Crippen MR) is 48.1 cm³/mol. The Morgan fingerprint density at radius 2 is 1.67 bits per heavy atom. The summed E-state index contributed by atoms with van der Waals surface area (Å²) in [4.78, 5) is 21.8. The zero-order chi connectivity index (χ0) is 11.2. The Morgan fingerprint density at radius 1 is 1.07 bits per heavy atom. The quantitative estimate of drug-likeness (QED) is 0.512. The normalized spacial score (nSPS) is 15.0. The van der Waals surface area contributed by atoms with Crippen LogP contribution >= 0.6 is 0 Å². The maximum Gasteiger partial charge on any atom is 0.294 e. The molecule has 1 aliphatic rings. The van der Waals surface area contributed by atoms with Crippen LogP contribution in [-0.4, -0.2) is 24.8 Å². The number of hydrogen-bond donors (Lipinski definition) is 2. The molecule has 0 bridgehead atoms. The zero-order valence-corrected chi connectivity index (χ0v) is 8.04. The Bertz CT molecular complexity index is 575. The van der Waals surface area contributed by atoms with Gasteiger partial charge in [0.2, 0.25) is 0 Å². The highest BCUT2D eigenvalue weighted by atomic mass is 32.2. The van der Waals surface area contributed by atoms with Gasteiger partial charge in [-0.15, -0.1) is 0 Å². The maximum atomic E-state index is 11.1. The Labute approximate surface area is 84.7 Å². The predicted octanol–water partition coefficient (Wildman–Crippen LogP) is -0.183. The molecular formula is C8H5NO5S. The molecular weight excluding hydrogens is 222 g/mol. The number of carbonyl (C=O) groups excluding carboxylic acids is 2. The SMILES string of the molecule is O=C1NC(=O)c2cc(S(=O)(=O)O)ccc21.